The van der Waals surface area contributed by atoms with Gasteiger partial charge < -0.3 is 10.1 Å². The van der Waals surface area contributed by atoms with Crippen molar-refractivity contribution >= 4 is 21.8 Å². The standard InChI is InChI=1S/C9H16BrNO2/c1-13-5-4-9(2-3-9)7-11-8(12)6-10/h2-7H2,1H3,(H,11,12). The lowest BCUT2D eigenvalue weighted by atomic mass is 10.0. The van der Waals surface area contributed by atoms with Crippen LogP contribution in [0.15, 0.2) is 0 Å². The molecule has 1 aliphatic carbocycles. The predicted molar refractivity (Wildman–Crippen MR) is 55.0 cm³/mol. The number of ether oxygens (including phenoxy) is 1. The third-order valence-electron chi connectivity index (χ3n) is 2.58. The Labute approximate surface area is 87.3 Å². The van der Waals surface area contributed by atoms with Crippen LogP contribution in [0, 0.1) is 5.41 Å². The largest absolute Gasteiger partial charge is 0.385 e. The number of alkyl halides is 1. The van der Waals surface area contributed by atoms with Crippen LogP contribution in [0.4, 0.5) is 0 Å². The minimum absolute atomic E-state index is 0.0729. The van der Waals surface area contributed by atoms with E-state index in [0.29, 0.717) is 10.7 Å². The number of nitrogens with one attached hydrogen (secondary N) is 1. The van der Waals surface area contributed by atoms with Crippen LogP contribution in [0.5, 0.6) is 0 Å². The molecular formula is C9H16BrNO2. The van der Waals surface area contributed by atoms with E-state index >= 15 is 0 Å². The summed E-state index contributed by atoms with van der Waals surface area (Å²) in [6.45, 7) is 1.60. The lowest BCUT2D eigenvalue weighted by Crippen LogP contribution is -2.31. The summed E-state index contributed by atoms with van der Waals surface area (Å²) in [5.74, 6) is 0.0729. The molecule has 0 unspecified atom stereocenters. The number of carbonyl (C=O) groups is 1. The first-order chi connectivity index (χ1) is 6.22. The number of methoxy groups -OCH3 is 1. The summed E-state index contributed by atoms with van der Waals surface area (Å²) < 4.78 is 5.03. The Morgan fingerprint density at radius 3 is 2.77 bits per heavy atom. The maximum atomic E-state index is 11.0. The van der Waals surface area contributed by atoms with Gasteiger partial charge in [0.25, 0.3) is 0 Å². The molecule has 0 saturated heterocycles. The fourth-order valence-electron chi connectivity index (χ4n) is 1.34. The number of amides is 1. The van der Waals surface area contributed by atoms with Crippen LogP contribution in [0.25, 0.3) is 0 Å². The molecule has 1 amide bonds. The normalized spacial score (nSPS) is 18.3. The molecule has 3 nitrogen and oxygen atoms in total. The lowest BCUT2D eigenvalue weighted by Gasteiger charge is -2.14. The van der Waals surface area contributed by atoms with E-state index in [-0.39, 0.29) is 5.91 Å². The second kappa shape index (κ2) is 4.96. The third kappa shape index (κ3) is 3.65. The van der Waals surface area contributed by atoms with Crippen LogP contribution < -0.4 is 5.32 Å². The molecule has 76 valence electrons. The van der Waals surface area contributed by atoms with Gasteiger partial charge in [0.15, 0.2) is 0 Å². The van der Waals surface area contributed by atoms with Crippen molar-refractivity contribution in [3.63, 3.8) is 0 Å². The average molecular weight is 250 g/mol. The number of hydrogen-bond donors (Lipinski definition) is 1. The monoisotopic (exact) mass is 249 g/mol. The topological polar surface area (TPSA) is 38.3 Å². The van der Waals surface area contributed by atoms with Gasteiger partial charge in [0.1, 0.15) is 0 Å². The second-order valence-corrected chi connectivity index (χ2v) is 4.21. The van der Waals surface area contributed by atoms with Crippen LogP contribution in [-0.4, -0.2) is 31.5 Å². The van der Waals surface area contributed by atoms with Crippen molar-refractivity contribution in [3.05, 3.63) is 0 Å². The van der Waals surface area contributed by atoms with Crippen molar-refractivity contribution in [1.29, 1.82) is 0 Å². The van der Waals surface area contributed by atoms with Gasteiger partial charge >= 0.3 is 0 Å². The SMILES string of the molecule is COCCC1(CNC(=O)CBr)CC1. The molecule has 0 heterocycles. The summed E-state index contributed by atoms with van der Waals surface area (Å²) in [6.07, 6.45) is 3.50. The van der Waals surface area contributed by atoms with Gasteiger partial charge in [0.2, 0.25) is 5.91 Å². The van der Waals surface area contributed by atoms with E-state index in [0.717, 1.165) is 19.6 Å². The molecule has 0 aromatic rings. The van der Waals surface area contributed by atoms with E-state index in [1.54, 1.807) is 7.11 Å². The molecule has 1 rings (SSSR count). The van der Waals surface area contributed by atoms with Crippen molar-refractivity contribution < 1.29 is 9.53 Å². The fourth-order valence-corrected chi connectivity index (χ4v) is 1.54. The molecule has 1 fully saturated rings. The van der Waals surface area contributed by atoms with Gasteiger partial charge in [0, 0.05) is 20.3 Å². The van der Waals surface area contributed by atoms with Gasteiger partial charge in [0.05, 0.1) is 5.33 Å². The Hall–Kier alpha value is -0.0900. The molecule has 0 aliphatic heterocycles. The quantitative estimate of drug-likeness (QED) is 0.722. The van der Waals surface area contributed by atoms with Gasteiger partial charge in [-0.3, -0.25) is 4.79 Å². The first kappa shape index (κ1) is 11.0. The molecule has 0 spiro atoms. The first-order valence-electron chi connectivity index (χ1n) is 4.54. The Bertz CT molecular complexity index is 180. The molecule has 0 atom stereocenters. The van der Waals surface area contributed by atoms with Crippen molar-refractivity contribution in [3.8, 4) is 0 Å². The Morgan fingerprint density at radius 1 is 1.62 bits per heavy atom. The van der Waals surface area contributed by atoms with E-state index in [1.807, 2.05) is 0 Å². The van der Waals surface area contributed by atoms with Crippen molar-refractivity contribution in [1.82, 2.24) is 5.32 Å². The predicted octanol–water partition coefficient (Wildman–Crippen LogP) is 1.31. The third-order valence-corrected chi connectivity index (χ3v) is 3.08. The van der Waals surface area contributed by atoms with Crippen LogP contribution in [0.2, 0.25) is 0 Å². The maximum Gasteiger partial charge on any atom is 0.230 e. The van der Waals surface area contributed by atoms with Gasteiger partial charge in [-0.25, -0.2) is 0 Å². The van der Waals surface area contributed by atoms with Crippen LogP contribution in [0.3, 0.4) is 0 Å². The summed E-state index contributed by atoms with van der Waals surface area (Å²) in [5.41, 5.74) is 0.355. The number of rotatable bonds is 6. The molecule has 0 aromatic carbocycles. The Morgan fingerprint density at radius 2 is 2.31 bits per heavy atom. The highest BCUT2D eigenvalue weighted by Crippen LogP contribution is 2.48. The summed E-state index contributed by atoms with van der Waals surface area (Å²) in [5, 5.41) is 3.30. The maximum absolute atomic E-state index is 11.0. The molecule has 0 bridgehead atoms. The highest BCUT2D eigenvalue weighted by Gasteiger charge is 2.41. The zero-order valence-electron chi connectivity index (χ0n) is 7.94. The van der Waals surface area contributed by atoms with Crippen molar-refractivity contribution in [2.45, 2.75) is 19.3 Å². The van der Waals surface area contributed by atoms with Gasteiger partial charge in [-0.15, -0.1) is 0 Å². The van der Waals surface area contributed by atoms with Gasteiger partial charge in [-0.2, -0.15) is 0 Å². The van der Waals surface area contributed by atoms with Gasteiger partial charge in [-0.05, 0) is 24.7 Å². The second-order valence-electron chi connectivity index (χ2n) is 3.65. The highest BCUT2D eigenvalue weighted by atomic mass is 79.9. The Kier molecular flexibility index (Phi) is 4.19. The van der Waals surface area contributed by atoms with Crippen LogP contribution in [0.1, 0.15) is 19.3 Å². The summed E-state index contributed by atoms with van der Waals surface area (Å²) in [6, 6.07) is 0. The fraction of sp³-hybridized carbons (Fsp3) is 0.889. The average Bonchev–Trinajstić information content (AvgIpc) is 2.92. The number of carbonyl (C=O) groups excluding carboxylic acids is 1. The first-order valence-corrected chi connectivity index (χ1v) is 5.66. The van der Waals surface area contributed by atoms with E-state index < -0.39 is 0 Å². The number of halogens is 1. The highest BCUT2D eigenvalue weighted by molar-refractivity contribution is 9.09. The van der Waals surface area contributed by atoms with E-state index in [2.05, 4.69) is 21.2 Å². The zero-order chi connectivity index (χ0) is 9.73. The van der Waals surface area contributed by atoms with Crippen LogP contribution >= 0.6 is 15.9 Å². The minimum Gasteiger partial charge on any atom is -0.385 e. The smallest absolute Gasteiger partial charge is 0.230 e. The minimum atomic E-state index is 0.0729. The van der Waals surface area contributed by atoms with Crippen molar-refractivity contribution in [2.24, 2.45) is 5.41 Å². The molecule has 4 heteroatoms. The molecule has 13 heavy (non-hydrogen) atoms. The summed E-state index contributed by atoms with van der Waals surface area (Å²) in [4.78, 5) is 11.0. The van der Waals surface area contributed by atoms with Crippen molar-refractivity contribution in [2.75, 3.05) is 25.6 Å². The molecule has 1 aliphatic rings. The molecule has 0 radical (unpaired) electrons. The lowest BCUT2D eigenvalue weighted by molar-refractivity contribution is -0.118. The summed E-state index contributed by atoms with van der Waals surface area (Å²) >= 11 is 3.12. The van der Waals surface area contributed by atoms with Gasteiger partial charge in [-0.1, -0.05) is 15.9 Å². The molecule has 1 saturated carbocycles. The van der Waals surface area contributed by atoms with E-state index in [1.165, 1.54) is 12.8 Å². The number of hydrogen-bond acceptors (Lipinski definition) is 2. The zero-order valence-corrected chi connectivity index (χ0v) is 9.52. The molecular weight excluding hydrogens is 234 g/mol. The van der Waals surface area contributed by atoms with E-state index in [4.69, 9.17) is 4.74 Å². The molecule has 1 N–H and O–H groups in total. The van der Waals surface area contributed by atoms with Crippen LogP contribution in [-0.2, 0) is 9.53 Å². The van der Waals surface area contributed by atoms with E-state index in [9.17, 15) is 4.79 Å². The summed E-state index contributed by atoms with van der Waals surface area (Å²) in [7, 11) is 1.72. The Balaban J connectivity index is 2.16. The molecule has 0 aromatic heterocycles.